The number of nitrogens with zero attached hydrogens (tertiary/aromatic N) is 1. The van der Waals surface area contributed by atoms with Gasteiger partial charge in [0.15, 0.2) is 11.5 Å². The first-order chi connectivity index (χ1) is 17.0. The summed E-state index contributed by atoms with van der Waals surface area (Å²) in [5, 5.41) is 0. The van der Waals surface area contributed by atoms with Gasteiger partial charge in [-0.05, 0) is 73.1 Å². The maximum Gasteiger partial charge on any atom is 0.324 e. The van der Waals surface area contributed by atoms with Crippen LogP contribution in [0.15, 0.2) is 42.5 Å². The van der Waals surface area contributed by atoms with Crippen LogP contribution in [0, 0.1) is 0 Å². The van der Waals surface area contributed by atoms with Crippen LogP contribution in [-0.4, -0.2) is 43.3 Å². The number of carbonyl (C=O) groups is 1. The van der Waals surface area contributed by atoms with Gasteiger partial charge in [0, 0.05) is 6.54 Å². The van der Waals surface area contributed by atoms with Crippen molar-refractivity contribution in [3.05, 3.63) is 59.2 Å². The van der Waals surface area contributed by atoms with E-state index in [1.807, 2.05) is 38.3 Å². The van der Waals surface area contributed by atoms with Crippen LogP contribution in [0.3, 0.4) is 0 Å². The highest BCUT2D eigenvalue weighted by Gasteiger charge is 2.31. The lowest BCUT2D eigenvalue weighted by atomic mass is 9.95. The number of carbonyl (C=O) groups excluding carboxylic acids is 1. The Balaban J connectivity index is 0.00000210. The Morgan fingerprint density at radius 2 is 1.74 bits per heavy atom. The molecule has 0 radical (unpaired) electrons. The average molecular weight is 502 g/mol. The van der Waals surface area contributed by atoms with Gasteiger partial charge in [0.05, 0.1) is 14.2 Å². The maximum absolute atomic E-state index is 13.3. The Bertz CT molecular complexity index is 917. The summed E-state index contributed by atoms with van der Waals surface area (Å²) in [5.41, 5.74) is 3.43. The molecule has 1 fully saturated rings. The van der Waals surface area contributed by atoms with E-state index < -0.39 is 0 Å². The SMILES string of the molecule is CC.COc1ccc(CCC(OC(=O)C2CCCCN2SC)c2cccc(C(C)C)c2)cc1OC. The van der Waals surface area contributed by atoms with E-state index >= 15 is 0 Å². The fourth-order valence-electron chi connectivity index (χ4n) is 4.32. The molecular weight excluding hydrogens is 458 g/mol. The molecule has 1 aliphatic rings. The molecule has 2 aromatic rings. The molecule has 1 aliphatic heterocycles. The Morgan fingerprint density at radius 3 is 2.40 bits per heavy atom. The largest absolute Gasteiger partial charge is 0.493 e. The summed E-state index contributed by atoms with van der Waals surface area (Å²) in [6.07, 6.45) is 6.26. The topological polar surface area (TPSA) is 48.0 Å². The van der Waals surface area contributed by atoms with Gasteiger partial charge >= 0.3 is 5.97 Å². The molecule has 6 heteroatoms. The van der Waals surface area contributed by atoms with E-state index in [0.29, 0.717) is 23.8 Å². The Labute approximate surface area is 216 Å². The molecule has 1 saturated heterocycles. The van der Waals surface area contributed by atoms with Crippen molar-refractivity contribution in [2.24, 2.45) is 0 Å². The molecule has 35 heavy (non-hydrogen) atoms. The zero-order chi connectivity index (χ0) is 25.8. The molecule has 0 aromatic heterocycles. The number of piperidine rings is 1. The molecule has 5 nitrogen and oxygen atoms in total. The standard InChI is InChI=1S/C27H37NO4S.C2H6/c1-19(2)21-9-8-10-22(18-21)24(32-27(29)23-11-6-7-16-28(23)33-5)14-12-20-13-15-25(30-3)26(17-20)31-4;1-2/h8-10,13,15,17-19,23-24H,6-7,11-12,14,16H2,1-5H3;1-2H3. The number of aryl methyl sites for hydroxylation is 1. The molecule has 2 unspecified atom stereocenters. The van der Waals surface area contributed by atoms with E-state index in [9.17, 15) is 4.79 Å². The first kappa shape index (κ1) is 29.1. The molecule has 0 bridgehead atoms. The summed E-state index contributed by atoms with van der Waals surface area (Å²) in [4.78, 5) is 13.3. The van der Waals surface area contributed by atoms with E-state index in [4.69, 9.17) is 14.2 Å². The van der Waals surface area contributed by atoms with Gasteiger partial charge in [-0.2, -0.15) is 0 Å². The number of hydrogen-bond donors (Lipinski definition) is 0. The number of hydrogen-bond acceptors (Lipinski definition) is 6. The molecule has 3 rings (SSSR count). The minimum atomic E-state index is -0.296. The van der Waals surface area contributed by atoms with E-state index in [1.54, 1.807) is 26.2 Å². The van der Waals surface area contributed by atoms with Crippen molar-refractivity contribution < 1.29 is 19.0 Å². The highest BCUT2D eigenvalue weighted by Crippen LogP contribution is 2.32. The third-order valence-corrected chi connectivity index (χ3v) is 7.22. The molecule has 0 aliphatic carbocycles. The highest BCUT2D eigenvalue weighted by atomic mass is 32.2. The van der Waals surface area contributed by atoms with Crippen molar-refractivity contribution in [1.29, 1.82) is 0 Å². The molecule has 2 aromatic carbocycles. The first-order valence-corrected chi connectivity index (χ1v) is 14.0. The van der Waals surface area contributed by atoms with Gasteiger partial charge < -0.3 is 14.2 Å². The summed E-state index contributed by atoms with van der Waals surface area (Å²) < 4.78 is 19.2. The van der Waals surface area contributed by atoms with Crippen molar-refractivity contribution in [1.82, 2.24) is 4.31 Å². The number of benzene rings is 2. The molecule has 0 saturated carbocycles. The van der Waals surface area contributed by atoms with Gasteiger partial charge in [0.2, 0.25) is 0 Å². The summed E-state index contributed by atoms with van der Waals surface area (Å²) in [6.45, 7) is 9.30. The Hall–Kier alpha value is -2.18. The van der Waals surface area contributed by atoms with Crippen molar-refractivity contribution in [2.45, 2.75) is 77.9 Å². The van der Waals surface area contributed by atoms with E-state index in [2.05, 4.69) is 42.4 Å². The average Bonchev–Trinajstić information content (AvgIpc) is 2.91. The van der Waals surface area contributed by atoms with Crippen LogP contribution < -0.4 is 9.47 Å². The summed E-state index contributed by atoms with van der Waals surface area (Å²) in [5.74, 6) is 1.72. The molecule has 0 amide bonds. The van der Waals surface area contributed by atoms with Gasteiger partial charge in [-0.1, -0.05) is 70.0 Å². The summed E-state index contributed by atoms with van der Waals surface area (Å²) in [7, 11) is 3.28. The molecule has 1 heterocycles. The first-order valence-electron chi connectivity index (χ1n) is 12.8. The number of rotatable bonds is 10. The fourth-order valence-corrected chi connectivity index (χ4v) is 5.08. The maximum atomic E-state index is 13.3. The van der Waals surface area contributed by atoms with Crippen molar-refractivity contribution in [3.8, 4) is 11.5 Å². The van der Waals surface area contributed by atoms with Gasteiger partial charge in [-0.15, -0.1) is 0 Å². The summed E-state index contributed by atoms with van der Waals surface area (Å²) >= 11 is 1.64. The lowest BCUT2D eigenvalue weighted by Crippen LogP contribution is -2.41. The third kappa shape index (κ3) is 8.18. The number of methoxy groups -OCH3 is 2. The molecule has 0 spiro atoms. The second kappa shape index (κ2) is 15.0. The van der Waals surface area contributed by atoms with Crippen molar-refractivity contribution in [2.75, 3.05) is 27.0 Å². The lowest BCUT2D eigenvalue weighted by molar-refractivity contribution is -0.155. The third-order valence-electron chi connectivity index (χ3n) is 6.31. The quantitative estimate of drug-likeness (QED) is 0.253. The molecular formula is C29H43NO4S. The highest BCUT2D eigenvalue weighted by molar-refractivity contribution is 7.96. The smallest absolute Gasteiger partial charge is 0.324 e. The van der Waals surface area contributed by atoms with Gasteiger partial charge in [-0.3, -0.25) is 4.79 Å². The second-order valence-corrected chi connectivity index (χ2v) is 9.65. The Kier molecular flexibility index (Phi) is 12.5. The van der Waals surface area contributed by atoms with Gasteiger partial charge in [0.25, 0.3) is 0 Å². The van der Waals surface area contributed by atoms with Crippen LogP contribution in [0.4, 0.5) is 0 Å². The zero-order valence-electron chi connectivity index (χ0n) is 22.5. The number of ether oxygens (including phenoxy) is 3. The van der Waals surface area contributed by atoms with Crippen molar-refractivity contribution >= 4 is 17.9 Å². The minimum absolute atomic E-state index is 0.115. The number of esters is 1. The van der Waals surface area contributed by atoms with Crippen molar-refractivity contribution in [3.63, 3.8) is 0 Å². The van der Waals surface area contributed by atoms with E-state index in [-0.39, 0.29) is 18.1 Å². The van der Waals surface area contributed by atoms with Gasteiger partial charge in [-0.25, -0.2) is 4.31 Å². The van der Waals surface area contributed by atoms with E-state index in [1.165, 1.54) is 5.56 Å². The van der Waals surface area contributed by atoms with E-state index in [0.717, 1.165) is 43.4 Å². The van der Waals surface area contributed by atoms with Gasteiger partial charge in [0.1, 0.15) is 12.1 Å². The fraction of sp³-hybridized carbons (Fsp3) is 0.552. The van der Waals surface area contributed by atoms with Crippen LogP contribution in [0.2, 0.25) is 0 Å². The summed E-state index contributed by atoms with van der Waals surface area (Å²) in [6, 6.07) is 14.3. The lowest BCUT2D eigenvalue weighted by Gasteiger charge is -2.33. The second-order valence-electron chi connectivity index (χ2n) is 8.81. The van der Waals surface area contributed by atoms with Crippen LogP contribution in [0.5, 0.6) is 11.5 Å². The van der Waals surface area contributed by atoms with Crippen LogP contribution in [-0.2, 0) is 16.0 Å². The van der Waals surface area contributed by atoms with Crippen LogP contribution >= 0.6 is 11.9 Å². The zero-order valence-corrected chi connectivity index (χ0v) is 23.3. The normalized spacial score (nSPS) is 16.7. The monoisotopic (exact) mass is 501 g/mol. The predicted molar refractivity (Wildman–Crippen MR) is 146 cm³/mol. The predicted octanol–water partition coefficient (Wildman–Crippen LogP) is 7.20. The molecule has 2 atom stereocenters. The minimum Gasteiger partial charge on any atom is -0.493 e. The Morgan fingerprint density at radius 1 is 1.03 bits per heavy atom. The molecule has 194 valence electrons. The molecule has 0 N–H and O–H groups in total. The van der Waals surface area contributed by atoms with Crippen LogP contribution in [0.1, 0.15) is 82.1 Å². The van der Waals surface area contributed by atoms with Crippen LogP contribution in [0.25, 0.3) is 0 Å².